The van der Waals surface area contributed by atoms with Gasteiger partial charge in [0.2, 0.25) is 5.89 Å². The summed E-state index contributed by atoms with van der Waals surface area (Å²) in [4.78, 5) is 4.38. The van der Waals surface area contributed by atoms with E-state index in [9.17, 15) is 0 Å². The van der Waals surface area contributed by atoms with Crippen molar-refractivity contribution in [2.24, 2.45) is 5.73 Å². The van der Waals surface area contributed by atoms with Crippen LogP contribution in [0.5, 0.6) is 0 Å². The van der Waals surface area contributed by atoms with E-state index in [1.165, 1.54) is 0 Å². The summed E-state index contributed by atoms with van der Waals surface area (Å²) in [6, 6.07) is 0. The summed E-state index contributed by atoms with van der Waals surface area (Å²) in [6.07, 6.45) is 4.26. The van der Waals surface area contributed by atoms with Gasteiger partial charge in [0.25, 0.3) is 0 Å². The molecule has 1 heterocycles. The van der Waals surface area contributed by atoms with Crippen molar-refractivity contribution < 1.29 is 4.52 Å². The predicted molar refractivity (Wildman–Crippen MR) is 60.5 cm³/mol. The van der Waals surface area contributed by atoms with Crippen LogP contribution in [-0.4, -0.2) is 15.9 Å². The van der Waals surface area contributed by atoms with Crippen LogP contribution in [-0.2, 0) is 11.3 Å². The maximum atomic E-state index is 6.22. The first-order valence-electron chi connectivity index (χ1n) is 5.44. The molecule has 84 valence electrons. The molecule has 0 saturated heterocycles. The molecule has 5 heteroatoms. The van der Waals surface area contributed by atoms with Crippen molar-refractivity contribution in [2.45, 2.75) is 43.9 Å². The fraction of sp³-hybridized carbons (Fsp3) is 0.800. The number of hydrogen-bond donors (Lipinski definition) is 1. The van der Waals surface area contributed by atoms with E-state index in [0.29, 0.717) is 5.89 Å². The first kappa shape index (κ1) is 11.0. The van der Waals surface area contributed by atoms with Crippen molar-refractivity contribution in [1.29, 1.82) is 0 Å². The van der Waals surface area contributed by atoms with Gasteiger partial charge in [0.1, 0.15) is 0 Å². The molecular formula is C10H17N3OS. The number of thioether (sulfide) groups is 1. The Morgan fingerprint density at radius 3 is 2.87 bits per heavy atom. The SMILES string of the molecule is CCSCc1noc(C2(N)CCCC2)n1. The monoisotopic (exact) mass is 227 g/mol. The molecule has 0 aromatic carbocycles. The Labute approximate surface area is 94.0 Å². The first-order chi connectivity index (χ1) is 7.24. The molecule has 1 aromatic heterocycles. The number of aromatic nitrogens is 2. The highest BCUT2D eigenvalue weighted by Crippen LogP contribution is 2.35. The largest absolute Gasteiger partial charge is 0.337 e. The van der Waals surface area contributed by atoms with Crippen LogP contribution < -0.4 is 5.73 Å². The van der Waals surface area contributed by atoms with E-state index in [-0.39, 0.29) is 5.54 Å². The van der Waals surface area contributed by atoms with Gasteiger partial charge in [-0.05, 0) is 18.6 Å². The standard InChI is InChI=1S/C10H17N3OS/c1-2-15-7-8-12-9(14-13-8)10(11)5-3-4-6-10/h2-7,11H2,1H3. The van der Waals surface area contributed by atoms with Gasteiger partial charge in [-0.3, -0.25) is 0 Å². The van der Waals surface area contributed by atoms with Crippen LogP contribution in [0.1, 0.15) is 44.3 Å². The molecule has 2 N–H and O–H groups in total. The van der Waals surface area contributed by atoms with Gasteiger partial charge < -0.3 is 10.3 Å². The van der Waals surface area contributed by atoms with Crippen molar-refractivity contribution in [3.63, 3.8) is 0 Å². The number of nitrogens with two attached hydrogens (primary N) is 1. The molecule has 0 spiro atoms. The molecule has 1 aromatic rings. The molecule has 0 unspecified atom stereocenters. The van der Waals surface area contributed by atoms with Crippen LogP contribution in [0.25, 0.3) is 0 Å². The summed E-state index contributed by atoms with van der Waals surface area (Å²) in [6.45, 7) is 2.12. The van der Waals surface area contributed by atoms with E-state index < -0.39 is 0 Å². The summed E-state index contributed by atoms with van der Waals surface area (Å²) in [5, 5.41) is 3.96. The van der Waals surface area contributed by atoms with Gasteiger partial charge in [-0.2, -0.15) is 16.7 Å². The van der Waals surface area contributed by atoms with Crippen LogP contribution in [0.15, 0.2) is 4.52 Å². The third kappa shape index (κ3) is 2.34. The van der Waals surface area contributed by atoms with E-state index in [1.807, 2.05) is 0 Å². The van der Waals surface area contributed by atoms with Crippen LogP contribution in [0.3, 0.4) is 0 Å². The van der Waals surface area contributed by atoms with Crippen molar-refractivity contribution >= 4 is 11.8 Å². The van der Waals surface area contributed by atoms with Gasteiger partial charge in [-0.1, -0.05) is 24.9 Å². The summed E-state index contributed by atoms with van der Waals surface area (Å²) in [5.74, 6) is 3.29. The Hall–Kier alpha value is -0.550. The molecule has 0 atom stereocenters. The smallest absolute Gasteiger partial charge is 0.246 e. The van der Waals surface area contributed by atoms with Gasteiger partial charge in [-0.25, -0.2) is 0 Å². The Morgan fingerprint density at radius 1 is 1.47 bits per heavy atom. The van der Waals surface area contributed by atoms with E-state index in [0.717, 1.165) is 43.0 Å². The lowest BCUT2D eigenvalue weighted by molar-refractivity contribution is 0.284. The molecule has 0 amide bonds. The molecular weight excluding hydrogens is 210 g/mol. The van der Waals surface area contributed by atoms with Gasteiger partial charge in [0, 0.05) is 0 Å². The van der Waals surface area contributed by atoms with E-state index in [4.69, 9.17) is 10.3 Å². The quantitative estimate of drug-likeness (QED) is 0.852. The zero-order valence-corrected chi connectivity index (χ0v) is 9.85. The van der Waals surface area contributed by atoms with E-state index >= 15 is 0 Å². The minimum atomic E-state index is -0.345. The number of rotatable bonds is 4. The molecule has 1 saturated carbocycles. The average molecular weight is 227 g/mol. The lowest BCUT2D eigenvalue weighted by Gasteiger charge is -2.17. The van der Waals surface area contributed by atoms with Gasteiger partial charge in [-0.15, -0.1) is 0 Å². The molecule has 1 aliphatic rings. The van der Waals surface area contributed by atoms with Gasteiger partial charge in [0.15, 0.2) is 5.82 Å². The molecule has 4 nitrogen and oxygen atoms in total. The molecule has 0 bridgehead atoms. The normalized spacial score (nSPS) is 19.6. The minimum absolute atomic E-state index is 0.345. The second kappa shape index (κ2) is 4.53. The maximum Gasteiger partial charge on any atom is 0.246 e. The summed E-state index contributed by atoms with van der Waals surface area (Å²) in [7, 11) is 0. The number of nitrogens with zero attached hydrogens (tertiary/aromatic N) is 2. The molecule has 2 rings (SSSR count). The fourth-order valence-electron chi connectivity index (χ4n) is 1.93. The zero-order valence-electron chi connectivity index (χ0n) is 9.03. The fourth-order valence-corrected chi connectivity index (χ4v) is 2.43. The third-order valence-electron chi connectivity index (χ3n) is 2.83. The average Bonchev–Trinajstić information content (AvgIpc) is 2.84. The van der Waals surface area contributed by atoms with Crippen LogP contribution in [0.4, 0.5) is 0 Å². The van der Waals surface area contributed by atoms with Crippen LogP contribution >= 0.6 is 11.8 Å². The first-order valence-corrected chi connectivity index (χ1v) is 6.60. The van der Waals surface area contributed by atoms with Crippen LogP contribution in [0, 0.1) is 0 Å². The Morgan fingerprint density at radius 2 is 2.20 bits per heavy atom. The Kier molecular flexibility index (Phi) is 3.31. The second-order valence-corrected chi connectivity index (χ2v) is 5.29. The van der Waals surface area contributed by atoms with Gasteiger partial charge in [0.05, 0.1) is 11.3 Å². The third-order valence-corrected chi connectivity index (χ3v) is 3.70. The molecule has 15 heavy (non-hydrogen) atoms. The van der Waals surface area contributed by atoms with E-state index in [1.54, 1.807) is 11.8 Å². The van der Waals surface area contributed by atoms with E-state index in [2.05, 4.69) is 17.1 Å². The lowest BCUT2D eigenvalue weighted by atomic mass is 10.00. The second-order valence-electron chi connectivity index (χ2n) is 4.02. The molecule has 0 aliphatic heterocycles. The number of hydrogen-bond acceptors (Lipinski definition) is 5. The lowest BCUT2D eigenvalue weighted by Crippen LogP contribution is -2.33. The highest BCUT2D eigenvalue weighted by atomic mass is 32.2. The van der Waals surface area contributed by atoms with Crippen molar-refractivity contribution in [3.05, 3.63) is 11.7 Å². The van der Waals surface area contributed by atoms with Crippen LogP contribution in [0.2, 0.25) is 0 Å². The Balaban J connectivity index is 2.05. The van der Waals surface area contributed by atoms with Crippen molar-refractivity contribution in [1.82, 2.24) is 10.1 Å². The highest BCUT2D eigenvalue weighted by molar-refractivity contribution is 7.98. The van der Waals surface area contributed by atoms with Crippen molar-refractivity contribution in [3.8, 4) is 0 Å². The zero-order chi connectivity index (χ0) is 10.7. The highest BCUT2D eigenvalue weighted by Gasteiger charge is 2.36. The summed E-state index contributed by atoms with van der Waals surface area (Å²) in [5.41, 5.74) is 5.87. The maximum absolute atomic E-state index is 6.22. The summed E-state index contributed by atoms with van der Waals surface area (Å²) < 4.78 is 5.25. The predicted octanol–water partition coefficient (Wildman–Crippen LogP) is 2.05. The van der Waals surface area contributed by atoms with Crippen molar-refractivity contribution in [2.75, 3.05) is 5.75 Å². The topological polar surface area (TPSA) is 64.9 Å². The Bertz CT molecular complexity index is 320. The minimum Gasteiger partial charge on any atom is -0.337 e. The van der Waals surface area contributed by atoms with Gasteiger partial charge >= 0.3 is 0 Å². The molecule has 0 radical (unpaired) electrons. The summed E-state index contributed by atoms with van der Waals surface area (Å²) >= 11 is 1.79. The molecule has 1 fully saturated rings. The molecule has 1 aliphatic carbocycles.